The van der Waals surface area contributed by atoms with Crippen molar-refractivity contribution in [3.05, 3.63) is 81.1 Å². The second-order valence-electron chi connectivity index (χ2n) is 6.27. The van der Waals surface area contributed by atoms with E-state index in [9.17, 15) is 4.79 Å². The summed E-state index contributed by atoms with van der Waals surface area (Å²) in [6.45, 7) is 2.53. The normalized spacial score (nSPS) is 12.4. The molecule has 0 bridgehead atoms. The standard InChI is InChI=1S/C22H16N2O2S/c1-2-26-19-12-11-14-7-3-4-8-15(14)16(19)13-20-21(25)24-18-10-6-5-9-17(18)23-22(24)27-20/h3-13H,2H2,1H3/b20-13-. The SMILES string of the molecule is CCOc1ccc2ccccc2c1/C=c1\sc2nc3ccccc3n2c1=O. The minimum Gasteiger partial charge on any atom is -0.493 e. The molecule has 5 rings (SSSR count). The highest BCUT2D eigenvalue weighted by molar-refractivity contribution is 7.15. The van der Waals surface area contributed by atoms with Crippen LogP contribution in [0.2, 0.25) is 0 Å². The van der Waals surface area contributed by atoms with Crippen molar-refractivity contribution in [1.82, 2.24) is 9.38 Å². The van der Waals surface area contributed by atoms with E-state index in [-0.39, 0.29) is 5.56 Å². The van der Waals surface area contributed by atoms with E-state index in [4.69, 9.17) is 4.74 Å². The molecule has 0 atom stereocenters. The number of benzene rings is 3. The third kappa shape index (κ3) is 2.51. The van der Waals surface area contributed by atoms with Crippen molar-refractivity contribution in [2.45, 2.75) is 6.92 Å². The van der Waals surface area contributed by atoms with Gasteiger partial charge in [-0.3, -0.25) is 4.79 Å². The molecule has 4 nitrogen and oxygen atoms in total. The first-order valence-corrected chi connectivity index (χ1v) is 9.64. The van der Waals surface area contributed by atoms with E-state index >= 15 is 0 Å². The predicted molar refractivity (Wildman–Crippen MR) is 111 cm³/mol. The van der Waals surface area contributed by atoms with Crippen LogP contribution in [0.25, 0.3) is 32.8 Å². The molecule has 0 saturated heterocycles. The first-order valence-electron chi connectivity index (χ1n) is 8.82. The van der Waals surface area contributed by atoms with Crippen molar-refractivity contribution < 1.29 is 4.74 Å². The van der Waals surface area contributed by atoms with Crippen LogP contribution in [0.3, 0.4) is 0 Å². The van der Waals surface area contributed by atoms with Gasteiger partial charge in [-0.1, -0.05) is 53.8 Å². The Morgan fingerprint density at radius 3 is 2.78 bits per heavy atom. The maximum atomic E-state index is 13.1. The zero-order valence-electron chi connectivity index (χ0n) is 14.7. The molecule has 132 valence electrons. The maximum Gasteiger partial charge on any atom is 0.274 e. The largest absolute Gasteiger partial charge is 0.493 e. The van der Waals surface area contributed by atoms with Gasteiger partial charge in [0.05, 0.1) is 22.2 Å². The number of fused-ring (bicyclic) bond motifs is 4. The predicted octanol–water partition coefficient (Wildman–Crippen LogP) is 4.01. The molecule has 0 aliphatic heterocycles. The van der Waals surface area contributed by atoms with Crippen LogP contribution in [-0.2, 0) is 0 Å². The van der Waals surface area contributed by atoms with E-state index in [1.807, 2.05) is 61.5 Å². The minimum absolute atomic E-state index is 0.0425. The summed E-state index contributed by atoms with van der Waals surface area (Å²) in [6.07, 6.45) is 1.93. The molecule has 2 heterocycles. The van der Waals surface area contributed by atoms with E-state index < -0.39 is 0 Å². The average molecular weight is 372 g/mol. The molecule has 0 aliphatic rings. The quantitative estimate of drug-likeness (QED) is 0.481. The van der Waals surface area contributed by atoms with Crippen molar-refractivity contribution >= 4 is 44.2 Å². The zero-order valence-corrected chi connectivity index (χ0v) is 15.5. The molecule has 27 heavy (non-hydrogen) atoms. The van der Waals surface area contributed by atoms with Crippen LogP contribution in [0.15, 0.2) is 65.5 Å². The van der Waals surface area contributed by atoms with Gasteiger partial charge in [0.15, 0.2) is 4.96 Å². The molecule has 0 unspecified atom stereocenters. The van der Waals surface area contributed by atoms with E-state index in [1.54, 1.807) is 4.40 Å². The number of nitrogens with zero attached hydrogens (tertiary/aromatic N) is 2. The molecule has 3 aromatic carbocycles. The van der Waals surface area contributed by atoms with Gasteiger partial charge in [0, 0.05) is 5.56 Å². The van der Waals surface area contributed by atoms with Crippen molar-refractivity contribution in [2.24, 2.45) is 0 Å². The highest BCUT2D eigenvalue weighted by atomic mass is 32.1. The monoisotopic (exact) mass is 372 g/mol. The lowest BCUT2D eigenvalue weighted by molar-refractivity contribution is 0.340. The Morgan fingerprint density at radius 2 is 1.89 bits per heavy atom. The van der Waals surface area contributed by atoms with Crippen LogP contribution >= 0.6 is 11.3 Å². The van der Waals surface area contributed by atoms with Crippen LogP contribution in [0.5, 0.6) is 5.75 Å². The van der Waals surface area contributed by atoms with Gasteiger partial charge in [0.2, 0.25) is 0 Å². The second-order valence-corrected chi connectivity index (χ2v) is 7.27. The highest BCUT2D eigenvalue weighted by Gasteiger charge is 2.12. The van der Waals surface area contributed by atoms with Crippen LogP contribution in [0, 0.1) is 0 Å². The first kappa shape index (κ1) is 16.0. The van der Waals surface area contributed by atoms with Crippen LogP contribution in [0.1, 0.15) is 12.5 Å². The van der Waals surface area contributed by atoms with Crippen molar-refractivity contribution in [3.63, 3.8) is 0 Å². The van der Waals surface area contributed by atoms with E-state index in [1.165, 1.54) is 11.3 Å². The summed E-state index contributed by atoms with van der Waals surface area (Å²) in [4.78, 5) is 18.4. The third-order valence-electron chi connectivity index (χ3n) is 4.65. The Hall–Kier alpha value is -3.18. The summed E-state index contributed by atoms with van der Waals surface area (Å²) in [6, 6.07) is 19.9. The van der Waals surface area contributed by atoms with Gasteiger partial charge in [-0.05, 0) is 42.0 Å². The molecule has 0 spiro atoms. The Balaban J connectivity index is 1.84. The molecule has 0 saturated carbocycles. The Labute approximate surface area is 159 Å². The topological polar surface area (TPSA) is 43.6 Å². The number of rotatable bonds is 3. The smallest absolute Gasteiger partial charge is 0.274 e. The summed E-state index contributed by atoms with van der Waals surface area (Å²) in [7, 11) is 0. The third-order valence-corrected chi connectivity index (χ3v) is 5.62. The number of thiazole rings is 1. The molecule has 0 N–H and O–H groups in total. The van der Waals surface area contributed by atoms with Crippen molar-refractivity contribution in [1.29, 1.82) is 0 Å². The van der Waals surface area contributed by atoms with Gasteiger partial charge >= 0.3 is 0 Å². The fourth-order valence-corrected chi connectivity index (χ4v) is 4.42. The number of ether oxygens (including phenoxy) is 1. The molecular weight excluding hydrogens is 356 g/mol. The van der Waals surface area contributed by atoms with E-state index in [2.05, 4.69) is 17.1 Å². The first-order chi connectivity index (χ1) is 13.3. The lowest BCUT2D eigenvalue weighted by Gasteiger charge is -2.10. The number of hydrogen-bond donors (Lipinski definition) is 0. The maximum absolute atomic E-state index is 13.1. The second kappa shape index (κ2) is 6.21. The van der Waals surface area contributed by atoms with Crippen LogP contribution in [0.4, 0.5) is 0 Å². The summed E-state index contributed by atoms with van der Waals surface area (Å²) in [5.74, 6) is 0.784. The van der Waals surface area contributed by atoms with Crippen molar-refractivity contribution in [2.75, 3.05) is 6.61 Å². The summed E-state index contributed by atoms with van der Waals surface area (Å²) in [5, 5.41) is 2.19. The molecule has 0 fully saturated rings. The summed E-state index contributed by atoms with van der Waals surface area (Å²) in [5.41, 5.74) is 2.57. The molecule has 0 aliphatic carbocycles. The average Bonchev–Trinajstić information content (AvgIpc) is 3.20. The summed E-state index contributed by atoms with van der Waals surface area (Å²) >= 11 is 1.41. The fraction of sp³-hybridized carbons (Fsp3) is 0.0909. The summed E-state index contributed by atoms with van der Waals surface area (Å²) < 4.78 is 8.18. The highest BCUT2D eigenvalue weighted by Crippen LogP contribution is 2.29. The van der Waals surface area contributed by atoms with E-state index in [0.29, 0.717) is 16.1 Å². The van der Waals surface area contributed by atoms with Crippen LogP contribution in [-0.4, -0.2) is 16.0 Å². The molecule has 0 amide bonds. The molecule has 5 aromatic rings. The fourth-order valence-electron chi connectivity index (χ4n) is 3.45. The molecule has 5 heteroatoms. The van der Waals surface area contributed by atoms with Gasteiger partial charge in [-0.25, -0.2) is 9.38 Å². The number of hydrogen-bond acceptors (Lipinski definition) is 4. The van der Waals surface area contributed by atoms with Gasteiger partial charge < -0.3 is 4.74 Å². The minimum atomic E-state index is -0.0425. The number of aromatic nitrogens is 2. The lowest BCUT2D eigenvalue weighted by atomic mass is 10.0. The number of para-hydroxylation sites is 2. The van der Waals surface area contributed by atoms with Gasteiger partial charge in [-0.15, -0.1) is 0 Å². The van der Waals surface area contributed by atoms with Crippen molar-refractivity contribution in [3.8, 4) is 5.75 Å². The van der Waals surface area contributed by atoms with Gasteiger partial charge in [-0.2, -0.15) is 0 Å². The number of imidazole rings is 1. The Morgan fingerprint density at radius 1 is 1.07 bits per heavy atom. The lowest BCUT2D eigenvalue weighted by Crippen LogP contribution is -2.22. The molecular formula is C22H16N2O2S. The van der Waals surface area contributed by atoms with Gasteiger partial charge in [0.25, 0.3) is 5.56 Å². The Bertz CT molecular complexity index is 1420. The molecule has 0 radical (unpaired) electrons. The van der Waals surface area contributed by atoms with E-state index in [0.717, 1.165) is 33.1 Å². The van der Waals surface area contributed by atoms with Crippen LogP contribution < -0.4 is 14.8 Å². The Kier molecular flexibility index (Phi) is 3.69. The molecule has 2 aromatic heterocycles. The van der Waals surface area contributed by atoms with Gasteiger partial charge in [0.1, 0.15) is 5.75 Å². The zero-order chi connectivity index (χ0) is 18.4.